The molecule has 8 heteroatoms. The van der Waals surface area contributed by atoms with E-state index >= 15 is 0 Å². The fourth-order valence-corrected chi connectivity index (χ4v) is 3.91. The van der Waals surface area contributed by atoms with E-state index in [1.165, 1.54) is 25.6 Å². The van der Waals surface area contributed by atoms with E-state index in [-0.39, 0.29) is 11.8 Å². The highest BCUT2D eigenvalue weighted by atomic mass is 32.1. The Morgan fingerprint density at radius 2 is 1.96 bits per heavy atom. The van der Waals surface area contributed by atoms with Crippen LogP contribution in [0.1, 0.15) is 33.6 Å². The monoisotopic (exact) mass is 338 g/mol. The first-order valence-electron chi connectivity index (χ1n) is 7.41. The topological polar surface area (TPSA) is 84.9 Å². The second kappa shape index (κ2) is 6.19. The van der Waals surface area contributed by atoms with Crippen LogP contribution in [0.2, 0.25) is 0 Å². The van der Waals surface area contributed by atoms with Crippen LogP contribution in [0.3, 0.4) is 0 Å². The number of ether oxygens (including phenoxy) is 2. The van der Waals surface area contributed by atoms with Crippen LogP contribution < -0.4 is 5.32 Å². The largest absolute Gasteiger partial charge is 0.465 e. The zero-order chi connectivity index (χ0) is 16.6. The van der Waals surface area contributed by atoms with Gasteiger partial charge in [-0.3, -0.25) is 4.79 Å². The Morgan fingerprint density at radius 1 is 1.22 bits per heavy atom. The van der Waals surface area contributed by atoms with E-state index in [2.05, 4.69) is 5.32 Å². The average molecular weight is 338 g/mol. The Bertz CT molecular complexity index is 665. The molecule has 0 spiro atoms. The number of esters is 1. The summed E-state index contributed by atoms with van der Waals surface area (Å²) in [6, 6.07) is 0. The van der Waals surface area contributed by atoms with Crippen molar-refractivity contribution in [2.75, 3.05) is 26.1 Å². The maximum Gasteiger partial charge on any atom is 0.409 e. The van der Waals surface area contributed by atoms with Gasteiger partial charge in [-0.2, -0.15) is 0 Å². The van der Waals surface area contributed by atoms with Crippen molar-refractivity contribution in [2.24, 2.45) is 5.92 Å². The van der Waals surface area contributed by atoms with Crippen LogP contribution in [-0.4, -0.2) is 43.6 Å². The van der Waals surface area contributed by atoms with Crippen LogP contribution >= 0.6 is 11.3 Å². The number of thiophene rings is 1. The molecule has 1 aliphatic heterocycles. The zero-order valence-corrected chi connectivity index (χ0v) is 13.8. The van der Waals surface area contributed by atoms with E-state index in [0.29, 0.717) is 30.1 Å². The Morgan fingerprint density at radius 3 is 2.57 bits per heavy atom. The summed E-state index contributed by atoms with van der Waals surface area (Å²) in [6.45, 7) is 0.840. The highest BCUT2D eigenvalue weighted by molar-refractivity contribution is 7.17. The third-order valence-corrected chi connectivity index (χ3v) is 5.20. The van der Waals surface area contributed by atoms with E-state index in [0.717, 1.165) is 23.3 Å². The van der Waals surface area contributed by atoms with Gasteiger partial charge in [0.25, 0.3) is 0 Å². The smallest absolute Gasteiger partial charge is 0.409 e. The van der Waals surface area contributed by atoms with Crippen molar-refractivity contribution >= 4 is 34.3 Å². The minimum Gasteiger partial charge on any atom is -0.465 e. The second-order valence-electron chi connectivity index (χ2n) is 5.60. The molecule has 1 aromatic heterocycles. The normalized spacial score (nSPS) is 16.5. The number of amides is 2. The lowest BCUT2D eigenvalue weighted by molar-refractivity contribution is -0.117. The molecule has 1 saturated carbocycles. The molecule has 1 fully saturated rings. The molecule has 0 radical (unpaired) electrons. The van der Waals surface area contributed by atoms with Gasteiger partial charge in [0.15, 0.2) is 0 Å². The molecule has 1 aromatic rings. The fourth-order valence-electron chi connectivity index (χ4n) is 2.65. The van der Waals surface area contributed by atoms with Gasteiger partial charge in [-0.05, 0) is 24.8 Å². The van der Waals surface area contributed by atoms with E-state index in [1.54, 1.807) is 4.90 Å². The molecular formula is C15H18N2O5S. The maximum atomic E-state index is 12.1. The van der Waals surface area contributed by atoms with Gasteiger partial charge in [-0.25, -0.2) is 9.59 Å². The number of rotatable bonds is 3. The summed E-state index contributed by atoms with van der Waals surface area (Å²) in [5, 5.41) is 3.37. The summed E-state index contributed by atoms with van der Waals surface area (Å²) in [7, 11) is 2.66. The van der Waals surface area contributed by atoms with Gasteiger partial charge in [-0.1, -0.05) is 0 Å². The predicted octanol–water partition coefficient (Wildman–Crippen LogP) is 2.01. The molecule has 0 unspecified atom stereocenters. The van der Waals surface area contributed by atoms with Crippen LogP contribution in [0.25, 0.3) is 0 Å². The van der Waals surface area contributed by atoms with Crippen LogP contribution in [-0.2, 0) is 27.2 Å². The van der Waals surface area contributed by atoms with Gasteiger partial charge >= 0.3 is 12.1 Å². The SMILES string of the molecule is COC(=O)c1c(NC(=O)C2CC2)sc2c1CCN(C(=O)OC)C2. The lowest BCUT2D eigenvalue weighted by Crippen LogP contribution is -2.35. The van der Waals surface area contributed by atoms with Gasteiger partial charge in [-0.15, -0.1) is 11.3 Å². The van der Waals surface area contributed by atoms with Crippen molar-refractivity contribution < 1.29 is 23.9 Å². The quantitative estimate of drug-likeness (QED) is 0.852. The summed E-state index contributed by atoms with van der Waals surface area (Å²) in [5.74, 6) is -0.468. The molecule has 7 nitrogen and oxygen atoms in total. The van der Waals surface area contributed by atoms with Crippen LogP contribution in [0.4, 0.5) is 9.80 Å². The van der Waals surface area contributed by atoms with Crippen molar-refractivity contribution in [3.63, 3.8) is 0 Å². The van der Waals surface area contributed by atoms with Crippen molar-refractivity contribution in [3.05, 3.63) is 16.0 Å². The Kier molecular flexibility index (Phi) is 4.25. The first kappa shape index (κ1) is 15.8. The Balaban J connectivity index is 1.90. The van der Waals surface area contributed by atoms with E-state index in [1.807, 2.05) is 0 Å². The standard InChI is InChI=1S/C15H18N2O5S/c1-21-14(19)11-9-5-6-17(15(20)22-2)7-10(9)23-13(11)16-12(18)8-3-4-8/h8H,3-7H2,1-2H3,(H,16,18). The third-order valence-electron chi connectivity index (χ3n) is 4.06. The van der Waals surface area contributed by atoms with Crippen LogP contribution in [0.15, 0.2) is 0 Å². The van der Waals surface area contributed by atoms with Crippen molar-refractivity contribution in [1.82, 2.24) is 4.90 Å². The first-order chi connectivity index (χ1) is 11.0. The molecule has 1 aliphatic carbocycles. The molecule has 124 valence electrons. The molecule has 2 aliphatic rings. The van der Waals surface area contributed by atoms with Gasteiger partial charge in [0.05, 0.1) is 26.3 Å². The Labute approximate surface area is 137 Å². The van der Waals surface area contributed by atoms with Crippen molar-refractivity contribution in [2.45, 2.75) is 25.8 Å². The predicted molar refractivity (Wildman–Crippen MR) is 83.5 cm³/mol. The molecule has 2 heterocycles. The summed E-state index contributed by atoms with van der Waals surface area (Å²) < 4.78 is 9.61. The van der Waals surface area contributed by atoms with E-state index < -0.39 is 12.1 Å². The number of methoxy groups -OCH3 is 2. The molecular weight excluding hydrogens is 320 g/mol. The summed E-state index contributed by atoms with van der Waals surface area (Å²) in [4.78, 5) is 38.3. The molecule has 3 rings (SSSR count). The van der Waals surface area contributed by atoms with Crippen molar-refractivity contribution in [3.8, 4) is 0 Å². The zero-order valence-electron chi connectivity index (χ0n) is 13.0. The molecule has 0 saturated heterocycles. The average Bonchev–Trinajstić information content (AvgIpc) is 3.35. The van der Waals surface area contributed by atoms with Crippen LogP contribution in [0.5, 0.6) is 0 Å². The Hall–Kier alpha value is -2.09. The van der Waals surface area contributed by atoms with Gasteiger partial charge in [0.2, 0.25) is 5.91 Å². The second-order valence-corrected chi connectivity index (χ2v) is 6.71. The third kappa shape index (κ3) is 3.03. The maximum absolute atomic E-state index is 12.1. The number of carbonyl (C=O) groups excluding carboxylic acids is 3. The number of hydrogen-bond acceptors (Lipinski definition) is 6. The van der Waals surface area contributed by atoms with E-state index in [9.17, 15) is 14.4 Å². The minimum absolute atomic E-state index is 0.0474. The van der Waals surface area contributed by atoms with Crippen LogP contribution in [0, 0.1) is 5.92 Å². The molecule has 2 amide bonds. The lowest BCUT2D eigenvalue weighted by Gasteiger charge is -2.25. The van der Waals surface area contributed by atoms with Crippen molar-refractivity contribution in [1.29, 1.82) is 0 Å². The fraction of sp³-hybridized carbons (Fsp3) is 0.533. The first-order valence-corrected chi connectivity index (χ1v) is 8.23. The number of nitrogens with zero attached hydrogens (tertiary/aromatic N) is 1. The highest BCUT2D eigenvalue weighted by Gasteiger charge is 2.34. The number of carbonyl (C=O) groups is 3. The molecule has 23 heavy (non-hydrogen) atoms. The number of anilines is 1. The molecule has 0 bridgehead atoms. The van der Waals surface area contributed by atoms with Gasteiger partial charge in [0.1, 0.15) is 5.00 Å². The minimum atomic E-state index is -0.458. The summed E-state index contributed by atoms with van der Waals surface area (Å²) in [6.07, 6.45) is 1.92. The van der Waals surface area contributed by atoms with Gasteiger partial charge in [0, 0.05) is 17.3 Å². The summed E-state index contributed by atoms with van der Waals surface area (Å²) in [5.41, 5.74) is 1.28. The molecule has 0 atom stereocenters. The molecule has 1 N–H and O–H groups in total. The molecule has 0 aromatic carbocycles. The summed E-state index contributed by atoms with van der Waals surface area (Å²) >= 11 is 1.33. The lowest BCUT2D eigenvalue weighted by atomic mass is 10.0. The highest BCUT2D eigenvalue weighted by Crippen LogP contribution is 2.39. The number of hydrogen-bond donors (Lipinski definition) is 1. The van der Waals surface area contributed by atoms with E-state index in [4.69, 9.17) is 9.47 Å². The number of nitrogens with one attached hydrogen (secondary N) is 1. The number of fused-ring (bicyclic) bond motifs is 1. The van der Waals surface area contributed by atoms with Gasteiger partial charge < -0.3 is 19.7 Å².